The largest absolute Gasteiger partial charge is 0.386 e. The van der Waals surface area contributed by atoms with Crippen molar-refractivity contribution < 1.29 is 19.7 Å². The molecule has 3 N–H and O–H groups in total. The molecule has 138 valence electrons. The third kappa shape index (κ3) is 2.71. The minimum Gasteiger partial charge on any atom is -0.386 e. The normalized spacial score (nSPS) is 34.2. The predicted octanol–water partition coefficient (Wildman–Crippen LogP) is 0.0581. The van der Waals surface area contributed by atoms with Crippen LogP contribution in [0.25, 0.3) is 11.2 Å². The number of aromatic nitrogens is 4. The number of terminal acetylenes is 1. The number of nitrogens with zero attached hydrogens (tertiary/aromatic N) is 4. The molecule has 2 aromatic rings. The highest BCUT2D eigenvalue weighted by Gasteiger charge is 2.43. The van der Waals surface area contributed by atoms with E-state index in [1.165, 1.54) is 12.7 Å². The molecule has 2 fully saturated rings. The van der Waals surface area contributed by atoms with E-state index in [0.717, 1.165) is 19.3 Å². The molecule has 9 nitrogen and oxygen atoms in total. The van der Waals surface area contributed by atoms with Gasteiger partial charge in [-0.15, -0.1) is 6.42 Å². The summed E-state index contributed by atoms with van der Waals surface area (Å²) in [5.74, 6) is 2.93. The van der Waals surface area contributed by atoms with Gasteiger partial charge in [0.05, 0.1) is 18.5 Å². The third-order valence-electron chi connectivity index (χ3n) is 5.11. The number of aliphatic hydroxyl groups excluding tert-OH is 2. The first-order valence-electron chi connectivity index (χ1n) is 8.58. The van der Waals surface area contributed by atoms with Gasteiger partial charge in [-0.1, -0.05) is 5.92 Å². The zero-order chi connectivity index (χ0) is 18.3. The van der Waals surface area contributed by atoms with Gasteiger partial charge in [0.1, 0.15) is 24.6 Å². The summed E-state index contributed by atoms with van der Waals surface area (Å²) in [6.45, 7) is 0. The van der Waals surface area contributed by atoms with E-state index >= 15 is 0 Å². The first-order chi connectivity index (χ1) is 12.6. The van der Waals surface area contributed by atoms with E-state index in [0.29, 0.717) is 17.0 Å². The van der Waals surface area contributed by atoms with Crippen molar-refractivity contribution in [1.29, 1.82) is 0 Å². The van der Waals surface area contributed by atoms with Gasteiger partial charge >= 0.3 is 0 Å². The molecule has 2 unspecified atom stereocenters. The number of methoxy groups -OCH3 is 1. The van der Waals surface area contributed by atoms with Gasteiger partial charge in [0, 0.05) is 7.11 Å². The van der Waals surface area contributed by atoms with E-state index in [1.807, 2.05) is 0 Å². The molecule has 1 saturated carbocycles. The van der Waals surface area contributed by atoms with Crippen molar-refractivity contribution >= 4 is 17.0 Å². The Morgan fingerprint density at radius 1 is 1.31 bits per heavy atom. The van der Waals surface area contributed by atoms with Gasteiger partial charge in [0.2, 0.25) is 0 Å². The summed E-state index contributed by atoms with van der Waals surface area (Å²) >= 11 is 0. The van der Waals surface area contributed by atoms with Crippen LogP contribution in [-0.4, -0.2) is 67.3 Å². The lowest BCUT2D eigenvalue weighted by molar-refractivity contribution is -0.0230. The summed E-state index contributed by atoms with van der Waals surface area (Å²) in [6.07, 6.45) is 7.41. The van der Waals surface area contributed by atoms with Gasteiger partial charge in [0.25, 0.3) is 0 Å². The fourth-order valence-electron chi connectivity index (χ4n) is 3.72. The second-order valence-corrected chi connectivity index (χ2v) is 6.60. The zero-order valence-electron chi connectivity index (χ0n) is 14.3. The standard InChI is InChI=1S/C17H21N5O4/c1-3-10-13(23)14(24)17(26-10)22-8-20-12-15(18-7-19-16(12)22)21-9-5-4-6-11(9)25-2/h1,7-11,13-14,17,23-24H,4-6H2,2H3,(H,18,19,21)/t9?,10-,11?,13-,14-,17-/m1/s1. The molecule has 9 heteroatoms. The molecule has 2 aromatic heterocycles. The van der Waals surface area contributed by atoms with Gasteiger partial charge < -0.3 is 25.0 Å². The first kappa shape index (κ1) is 17.2. The molecule has 26 heavy (non-hydrogen) atoms. The molecule has 0 amide bonds. The lowest BCUT2D eigenvalue weighted by atomic mass is 10.1. The Morgan fingerprint density at radius 3 is 2.88 bits per heavy atom. The summed E-state index contributed by atoms with van der Waals surface area (Å²) < 4.78 is 12.7. The van der Waals surface area contributed by atoms with Crippen molar-refractivity contribution in [2.24, 2.45) is 0 Å². The molecule has 0 spiro atoms. The van der Waals surface area contributed by atoms with Gasteiger partial charge in [-0.3, -0.25) is 4.57 Å². The number of fused-ring (bicyclic) bond motifs is 1. The van der Waals surface area contributed by atoms with Crippen LogP contribution < -0.4 is 5.32 Å². The van der Waals surface area contributed by atoms with Crippen molar-refractivity contribution in [3.05, 3.63) is 12.7 Å². The van der Waals surface area contributed by atoms with Crippen molar-refractivity contribution in [3.63, 3.8) is 0 Å². The zero-order valence-corrected chi connectivity index (χ0v) is 14.3. The Morgan fingerprint density at radius 2 is 2.15 bits per heavy atom. The van der Waals surface area contributed by atoms with Crippen molar-refractivity contribution in [2.75, 3.05) is 12.4 Å². The maximum Gasteiger partial charge on any atom is 0.167 e. The van der Waals surface area contributed by atoms with Gasteiger partial charge in [-0.2, -0.15) is 0 Å². The first-order valence-corrected chi connectivity index (χ1v) is 8.58. The van der Waals surface area contributed by atoms with E-state index in [4.69, 9.17) is 15.9 Å². The molecule has 0 radical (unpaired) electrons. The average Bonchev–Trinajstić information content (AvgIpc) is 3.34. The van der Waals surface area contributed by atoms with Crippen molar-refractivity contribution in [2.45, 2.75) is 55.9 Å². The van der Waals surface area contributed by atoms with Crippen LogP contribution in [0.2, 0.25) is 0 Å². The van der Waals surface area contributed by atoms with E-state index in [1.54, 1.807) is 11.7 Å². The molecule has 1 aliphatic heterocycles. The highest BCUT2D eigenvalue weighted by Crippen LogP contribution is 2.32. The average molecular weight is 359 g/mol. The quantitative estimate of drug-likeness (QED) is 0.657. The number of imidazole rings is 1. The second kappa shape index (κ2) is 6.81. The predicted molar refractivity (Wildman–Crippen MR) is 92.1 cm³/mol. The Hall–Kier alpha value is -2.25. The number of hydrogen-bond acceptors (Lipinski definition) is 8. The SMILES string of the molecule is C#C[C@H]1O[C@@H](n2cnc3c(NC4CCCC4OC)ncnc32)[C@H](O)[C@@H]1O. The van der Waals surface area contributed by atoms with Crippen LogP contribution in [0.1, 0.15) is 25.5 Å². The third-order valence-corrected chi connectivity index (χ3v) is 5.11. The van der Waals surface area contributed by atoms with E-state index in [-0.39, 0.29) is 12.1 Å². The number of ether oxygens (including phenoxy) is 2. The summed E-state index contributed by atoms with van der Waals surface area (Å²) in [5.41, 5.74) is 1.05. The Kier molecular flexibility index (Phi) is 4.50. The van der Waals surface area contributed by atoms with E-state index in [2.05, 4.69) is 26.2 Å². The highest BCUT2D eigenvalue weighted by atomic mass is 16.6. The molecular weight excluding hydrogens is 338 g/mol. The summed E-state index contributed by atoms with van der Waals surface area (Å²) in [5, 5.41) is 23.6. The van der Waals surface area contributed by atoms with Crippen LogP contribution in [0.3, 0.4) is 0 Å². The maximum atomic E-state index is 10.3. The van der Waals surface area contributed by atoms with Gasteiger partial charge in [-0.05, 0) is 19.3 Å². The van der Waals surface area contributed by atoms with Crippen LogP contribution in [-0.2, 0) is 9.47 Å². The highest BCUT2D eigenvalue weighted by molar-refractivity contribution is 5.82. The number of hydrogen-bond donors (Lipinski definition) is 3. The number of anilines is 1. The minimum atomic E-state index is -1.17. The number of aliphatic hydroxyl groups is 2. The van der Waals surface area contributed by atoms with Crippen LogP contribution >= 0.6 is 0 Å². The van der Waals surface area contributed by atoms with E-state index < -0.39 is 24.5 Å². The molecule has 2 aliphatic rings. The second-order valence-electron chi connectivity index (χ2n) is 6.60. The Bertz CT molecular complexity index is 834. The van der Waals surface area contributed by atoms with E-state index in [9.17, 15) is 10.2 Å². The topological polar surface area (TPSA) is 115 Å². The summed E-state index contributed by atoms with van der Waals surface area (Å²) in [6, 6.07) is 0.157. The summed E-state index contributed by atoms with van der Waals surface area (Å²) in [7, 11) is 1.71. The Labute approximate surface area is 150 Å². The number of rotatable bonds is 4. The molecule has 0 bridgehead atoms. The molecule has 6 atom stereocenters. The molecule has 1 saturated heterocycles. The van der Waals surface area contributed by atoms with Crippen LogP contribution in [0.15, 0.2) is 12.7 Å². The van der Waals surface area contributed by atoms with Crippen molar-refractivity contribution in [3.8, 4) is 12.3 Å². The van der Waals surface area contributed by atoms with Crippen LogP contribution in [0.5, 0.6) is 0 Å². The summed E-state index contributed by atoms with van der Waals surface area (Å²) in [4.78, 5) is 12.9. The fourth-order valence-corrected chi connectivity index (χ4v) is 3.72. The molecule has 1 aliphatic carbocycles. The maximum absolute atomic E-state index is 10.3. The lowest BCUT2D eigenvalue weighted by Crippen LogP contribution is -2.31. The van der Waals surface area contributed by atoms with Crippen molar-refractivity contribution in [1.82, 2.24) is 19.5 Å². The monoisotopic (exact) mass is 359 g/mol. The molecule has 0 aromatic carbocycles. The molecule has 3 heterocycles. The Balaban J connectivity index is 1.65. The van der Waals surface area contributed by atoms with Crippen LogP contribution in [0, 0.1) is 12.3 Å². The van der Waals surface area contributed by atoms with Gasteiger partial charge in [0.15, 0.2) is 23.2 Å². The molecule has 4 rings (SSSR count). The smallest absolute Gasteiger partial charge is 0.167 e. The lowest BCUT2D eigenvalue weighted by Gasteiger charge is -2.20. The fraction of sp³-hybridized carbons (Fsp3) is 0.588. The number of nitrogens with one attached hydrogen (secondary N) is 1. The van der Waals surface area contributed by atoms with Crippen LogP contribution in [0.4, 0.5) is 5.82 Å². The van der Waals surface area contributed by atoms with Gasteiger partial charge in [-0.25, -0.2) is 15.0 Å². The minimum absolute atomic E-state index is 0.133. The molecular formula is C17H21N5O4.